The minimum absolute atomic E-state index is 0.0108. The first-order chi connectivity index (χ1) is 12.4. The number of carbonyl (C=O) groups is 1. The Balaban J connectivity index is 2.40. The number of ether oxygens (including phenoxy) is 3. The van der Waals surface area contributed by atoms with Crippen molar-refractivity contribution in [2.75, 3.05) is 11.9 Å². The maximum absolute atomic E-state index is 12.6. The van der Waals surface area contributed by atoms with Gasteiger partial charge in [-0.05, 0) is 58.2 Å². The molecule has 1 aromatic carbocycles. The zero-order valence-electron chi connectivity index (χ0n) is 18.0. The number of hydrogen-bond donors (Lipinski definition) is 1. The number of anilines is 1. The second-order valence-electron chi connectivity index (χ2n) is 9.24. The Morgan fingerprint density at radius 2 is 1.96 bits per heavy atom. The molecule has 0 aliphatic carbocycles. The number of carbonyl (C=O) groups excluding carboxylic acids is 1. The molecular weight excluding hydrogens is 342 g/mol. The molecule has 1 heterocycles. The lowest BCUT2D eigenvalue weighted by atomic mass is 9.87. The van der Waals surface area contributed by atoms with Gasteiger partial charge in [-0.25, -0.2) is 0 Å². The monoisotopic (exact) mass is 377 g/mol. The summed E-state index contributed by atoms with van der Waals surface area (Å²) in [5, 5.41) is 3.32. The Morgan fingerprint density at radius 1 is 1.30 bits per heavy atom. The van der Waals surface area contributed by atoms with Crippen LogP contribution in [0.1, 0.15) is 73.5 Å². The van der Waals surface area contributed by atoms with Crippen LogP contribution >= 0.6 is 0 Å². The van der Waals surface area contributed by atoms with E-state index in [4.69, 9.17) is 14.2 Å². The van der Waals surface area contributed by atoms with Crippen LogP contribution in [-0.4, -0.2) is 30.3 Å². The molecule has 2 atom stereocenters. The highest BCUT2D eigenvalue weighted by molar-refractivity contribution is 5.70. The van der Waals surface area contributed by atoms with Gasteiger partial charge in [-0.1, -0.05) is 20.8 Å². The van der Waals surface area contributed by atoms with Crippen molar-refractivity contribution in [1.29, 1.82) is 0 Å². The van der Waals surface area contributed by atoms with E-state index >= 15 is 0 Å². The van der Waals surface area contributed by atoms with Crippen molar-refractivity contribution < 1.29 is 19.0 Å². The number of fused-ring (bicyclic) bond motifs is 1. The van der Waals surface area contributed by atoms with Crippen molar-refractivity contribution in [1.82, 2.24) is 0 Å². The maximum atomic E-state index is 12.6. The SMILES string of the molecule is CCNc1ccc2c(c1)C(OC(C)C)C(OC(=O)CC(C)(C)C)C(C)(C)O2. The van der Waals surface area contributed by atoms with Gasteiger partial charge in [-0.15, -0.1) is 0 Å². The number of esters is 1. The van der Waals surface area contributed by atoms with Gasteiger partial charge in [0.25, 0.3) is 0 Å². The fourth-order valence-electron chi connectivity index (χ4n) is 3.30. The summed E-state index contributed by atoms with van der Waals surface area (Å²) >= 11 is 0. The molecule has 1 aromatic rings. The van der Waals surface area contributed by atoms with Crippen LogP contribution in [0.2, 0.25) is 0 Å². The molecule has 2 rings (SSSR count). The van der Waals surface area contributed by atoms with Crippen molar-refractivity contribution in [2.45, 2.75) is 85.7 Å². The summed E-state index contributed by atoms with van der Waals surface area (Å²) in [6.45, 7) is 16.8. The lowest BCUT2D eigenvalue weighted by Gasteiger charge is -2.44. The fourth-order valence-corrected chi connectivity index (χ4v) is 3.30. The zero-order chi connectivity index (χ0) is 20.4. The molecule has 5 heteroatoms. The number of benzene rings is 1. The topological polar surface area (TPSA) is 56.8 Å². The summed E-state index contributed by atoms with van der Waals surface area (Å²) in [7, 11) is 0. The molecule has 27 heavy (non-hydrogen) atoms. The van der Waals surface area contributed by atoms with E-state index in [0.29, 0.717) is 6.42 Å². The second kappa shape index (κ2) is 8.09. The first kappa shape index (κ1) is 21.5. The average Bonchev–Trinajstić information content (AvgIpc) is 2.49. The van der Waals surface area contributed by atoms with E-state index in [2.05, 4.69) is 12.2 Å². The van der Waals surface area contributed by atoms with Gasteiger partial charge in [-0.2, -0.15) is 0 Å². The third-order valence-corrected chi connectivity index (χ3v) is 4.38. The molecule has 1 aliphatic heterocycles. The van der Waals surface area contributed by atoms with Crippen molar-refractivity contribution >= 4 is 11.7 Å². The Labute approximate surface area is 163 Å². The molecule has 0 spiro atoms. The average molecular weight is 378 g/mol. The third kappa shape index (κ3) is 5.61. The minimum atomic E-state index is -0.695. The Bertz CT molecular complexity index is 661. The van der Waals surface area contributed by atoms with E-state index < -0.39 is 11.7 Å². The van der Waals surface area contributed by atoms with E-state index in [0.717, 1.165) is 23.5 Å². The van der Waals surface area contributed by atoms with Gasteiger partial charge in [0, 0.05) is 17.8 Å². The van der Waals surface area contributed by atoms with Gasteiger partial charge < -0.3 is 19.5 Å². The van der Waals surface area contributed by atoms with Crippen LogP contribution in [0.3, 0.4) is 0 Å². The van der Waals surface area contributed by atoms with Crippen LogP contribution in [0.5, 0.6) is 5.75 Å². The molecule has 0 fully saturated rings. The molecule has 152 valence electrons. The number of rotatable bonds is 6. The van der Waals surface area contributed by atoms with Crippen molar-refractivity contribution in [3.05, 3.63) is 23.8 Å². The summed E-state index contributed by atoms with van der Waals surface area (Å²) in [4.78, 5) is 12.6. The molecule has 0 radical (unpaired) electrons. The summed E-state index contributed by atoms with van der Waals surface area (Å²) in [6, 6.07) is 5.99. The predicted octanol–water partition coefficient (Wildman–Crippen LogP) is 5.10. The maximum Gasteiger partial charge on any atom is 0.306 e. The highest BCUT2D eigenvalue weighted by Gasteiger charge is 2.48. The first-order valence-electron chi connectivity index (χ1n) is 9.84. The predicted molar refractivity (Wildman–Crippen MR) is 108 cm³/mol. The highest BCUT2D eigenvalue weighted by Crippen LogP contribution is 2.45. The Kier molecular flexibility index (Phi) is 6.46. The van der Waals surface area contributed by atoms with Crippen molar-refractivity contribution in [3.8, 4) is 5.75 Å². The lowest BCUT2D eigenvalue weighted by Crippen LogP contribution is -2.52. The number of nitrogens with one attached hydrogen (secondary N) is 1. The van der Waals surface area contributed by atoms with Crippen LogP contribution in [0, 0.1) is 5.41 Å². The molecule has 5 nitrogen and oxygen atoms in total. The summed E-state index contributed by atoms with van der Waals surface area (Å²) < 4.78 is 18.4. The van der Waals surface area contributed by atoms with Gasteiger partial charge >= 0.3 is 5.97 Å². The van der Waals surface area contributed by atoms with Crippen molar-refractivity contribution in [3.63, 3.8) is 0 Å². The molecule has 0 saturated heterocycles. The third-order valence-electron chi connectivity index (χ3n) is 4.38. The second-order valence-corrected chi connectivity index (χ2v) is 9.24. The summed E-state index contributed by atoms with van der Waals surface area (Å²) in [6.07, 6.45) is -0.577. The van der Waals surface area contributed by atoms with Gasteiger partial charge in [0.15, 0.2) is 6.10 Å². The van der Waals surface area contributed by atoms with Crippen LogP contribution in [0.15, 0.2) is 18.2 Å². The summed E-state index contributed by atoms with van der Waals surface area (Å²) in [5.74, 6) is 0.545. The van der Waals surface area contributed by atoms with E-state index in [1.165, 1.54) is 0 Å². The van der Waals surface area contributed by atoms with E-state index in [9.17, 15) is 4.79 Å². The standard InChI is InChI=1S/C22H35NO4/c1-9-23-15-10-11-17-16(12-15)19(25-14(2)3)20(22(7,8)27-17)26-18(24)13-21(4,5)6/h10-12,14,19-20,23H,9,13H2,1-8H3. The van der Waals surface area contributed by atoms with Gasteiger partial charge in [0.05, 0.1) is 12.5 Å². The van der Waals surface area contributed by atoms with Crippen LogP contribution in [0.4, 0.5) is 5.69 Å². The van der Waals surface area contributed by atoms with Crippen LogP contribution < -0.4 is 10.1 Å². The highest BCUT2D eigenvalue weighted by atomic mass is 16.6. The molecule has 1 aliphatic rings. The zero-order valence-corrected chi connectivity index (χ0v) is 18.0. The van der Waals surface area contributed by atoms with Gasteiger partial charge in [-0.3, -0.25) is 4.79 Å². The molecular formula is C22H35NO4. The van der Waals surface area contributed by atoms with Crippen LogP contribution in [0.25, 0.3) is 0 Å². The summed E-state index contributed by atoms with van der Waals surface area (Å²) in [5.41, 5.74) is 1.08. The smallest absolute Gasteiger partial charge is 0.306 e. The molecule has 0 bridgehead atoms. The van der Waals surface area contributed by atoms with Crippen molar-refractivity contribution in [2.24, 2.45) is 5.41 Å². The fraction of sp³-hybridized carbons (Fsp3) is 0.682. The minimum Gasteiger partial charge on any atom is -0.483 e. The lowest BCUT2D eigenvalue weighted by molar-refractivity contribution is -0.190. The van der Waals surface area contributed by atoms with E-state index in [1.807, 2.05) is 66.7 Å². The van der Waals surface area contributed by atoms with E-state index in [-0.39, 0.29) is 23.6 Å². The Hall–Kier alpha value is -1.75. The van der Waals surface area contributed by atoms with Crippen LogP contribution in [-0.2, 0) is 14.3 Å². The first-order valence-corrected chi connectivity index (χ1v) is 9.84. The Morgan fingerprint density at radius 3 is 2.52 bits per heavy atom. The molecule has 0 amide bonds. The quantitative estimate of drug-likeness (QED) is 0.699. The molecule has 0 aromatic heterocycles. The normalized spacial score (nSPS) is 21.4. The largest absolute Gasteiger partial charge is 0.483 e. The van der Waals surface area contributed by atoms with Gasteiger partial charge in [0.1, 0.15) is 17.5 Å². The van der Waals surface area contributed by atoms with Gasteiger partial charge in [0.2, 0.25) is 0 Å². The molecule has 0 saturated carbocycles. The molecule has 1 N–H and O–H groups in total. The number of hydrogen-bond acceptors (Lipinski definition) is 5. The van der Waals surface area contributed by atoms with E-state index in [1.54, 1.807) is 0 Å². The molecule has 2 unspecified atom stereocenters.